The number of aliphatic carboxylic acids is 1. The SMILES string of the molecule is CC(C)(N)CCCCCCCN(CCC(C)(C)N)C(=O)CCC(=O)O. The number of carboxylic acid groups (broad SMARTS) is 1. The Hall–Kier alpha value is -1.14. The van der Waals surface area contributed by atoms with Gasteiger partial charge in [-0.3, -0.25) is 9.59 Å². The molecule has 6 nitrogen and oxygen atoms in total. The zero-order valence-corrected chi connectivity index (χ0v) is 16.6. The van der Waals surface area contributed by atoms with Crippen molar-refractivity contribution in [1.82, 2.24) is 4.90 Å². The highest BCUT2D eigenvalue weighted by molar-refractivity contribution is 5.80. The maximum absolute atomic E-state index is 12.2. The second-order valence-corrected chi connectivity index (χ2v) is 8.52. The second kappa shape index (κ2) is 11.5. The number of nitrogens with zero attached hydrogens (tertiary/aromatic N) is 1. The summed E-state index contributed by atoms with van der Waals surface area (Å²) < 4.78 is 0. The Bertz CT molecular complexity index is 398. The van der Waals surface area contributed by atoms with Crippen molar-refractivity contribution in [2.24, 2.45) is 11.5 Å². The molecule has 0 aromatic rings. The minimum atomic E-state index is -0.935. The first-order valence-electron chi connectivity index (χ1n) is 9.48. The van der Waals surface area contributed by atoms with Crippen molar-refractivity contribution in [1.29, 1.82) is 0 Å². The van der Waals surface area contributed by atoms with Crippen molar-refractivity contribution in [3.8, 4) is 0 Å². The summed E-state index contributed by atoms with van der Waals surface area (Å²) in [5.74, 6) is -1.02. The van der Waals surface area contributed by atoms with Crippen LogP contribution < -0.4 is 11.5 Å². The number of rotatable bonds is 14. The fraction of sp³-hybridized carbons (Fsp3) is 0.895. The number of carbonyl (C=O) groups excluding carboxylic acids is 1. The van der Waals surface area contributed by atoms with Gasteiger partial charge in [0.05, 0.1) is 6.42 Å². The number of unbranched alkanes of at least 4 members (excludes halogenated alkanes) is 4. The molecule has 5 N–H and O–H groups in total. The Morgan fingerprint density at radius 2 is 1.32 bits per heavy atom. The smallest absolute Gasteiger partial charge is 0.303 e. The molecular formula is C19H39N3O3. The van der Waals surface area contributed by atoms with Gasteiger partial charge in [0.2, 0.25) is 5.91 Å². The molecule has 0 radical (unpaired) electrons. The summed E-state index contributed by atoms with van der Waals surface area (Å²) in [6.07, 6.45) is 7.11. The number of amides is 1. The Morgan fingerprint density at radius 3 is 1.84 bits per heavy atom. The fourth-order valence-corrected chi connectivity index (χ4v) is 2.57. The maximum atomic E-state index is 12.2. The van der Waals surface area contributed by atoms with Crippen LogP contribution in [0.1, 0.15) is 85.5 Å². The molecule has 0 aliphatic heterocycles. The van der Waals surface area contributed by atoms with Crippen LogP contribution in [0.25, 0.3) is 0 Å². The molecule has 0 rings (SSSR count). The van der Waals surface area contributed by atoms with Gasteiger partial charge >= 0.3 is 5.97 Å². The maximum Gasteiger partial charge on any atom is 0.303 e. The van der Waals surface area contributed by atoms with Crippen molar-refractivity contribution < 1.29 is 14.7 Å². The first-order chi connectivity index (χ1) is 11.4. The molecule has 0 saturated carbocycles. The van der Waals surface area contributed by atoms with Crippen molar-refractivity contribution in [3.05, 3.63) is 0 Å². The van der Waals surface area contributed by atoms with Crippen molar-refractivity contribution in [2.45, 2.75) is 96.6 Å². The van der Waals surface area contributed by atoms with Gasteiger partial charge in [0.15, 0.2) is 0 Å². The van der Waals surface area contributed by atoms with Crippen LogP contribution in [0.3, 0.4) is 0 Å². The summed E-state index contributed by atoms with van der Waals surface area (Å²) in [5.41, 5.74) is 11.6. The first kappa shape index (κ1) is 23.9. The van der Waals surface area contributed by atoms with Crippen molar-refractivity contribution in [2.75, 3.05) is 13.1 Å². The number of hydrogen-bond acceptors (Lipinski definition) is 4. The average Bonchev–Trinajstić information content (AvgIpc) is 2.44. The van der Waals surface area contributed by atoms with E-state index in [2.05, 4.69) is 0 Å². The lowest BCUT2D eigenvalue weighted by Crippen LogP contribution is -2.40. The zero-order chi connectivity index (χ0) is 19.5. The molecule has 0 bridgehead atoms. The van der Waals surface area contributed by atoms with Gasteiger partial charge in [-0.15, -0.1) is 0 Å². The Balaban J connectivity index is 4.16. The molecule has 0 fully saturated rings. The summed E-state index contributed by atoms with van der Waals surface area (Å²) in [5, 5.41) is 8.76. The summed E-state index contributed by atoms with van der Waals surface area (Å²) in [6.45, 7) is 9.23. The van der Waals surface area contributed by atoms with Gasteiger partial charge in [0, 0.05) is 30.6 Å². The van der Waals surface area contributed by atoms with Gasteiger partial charge in [-0.25, -0.2) is 0 Å². The van der Waals surface area contributed by atoms with Crippen LogP contribution in [-0.4, -0.2) is 46.1 Å². The third-order valence-corrected chi connectivity index (χ3v) is 4.18. The molecule has 0 saturated heterocycles. The molecule has 0 aliphatic carbocycles. The topological polar surface area (TPSA) is 110 Å². The molecule has 0 spiro atoms. The van der Waals surface area contributed by atoms with Crippen LogP contribution in [-0.2, 0) is 9.59 Å². The number of nitrogens with two attached hydrogens (primary N) is 2. The third kappa shape index (κ3) is 16.1. The summed E-state index contributed by atoms with van der Waals surface area (Å²) in [7, 11) is 0. The second-order valence-electron chi connectivity index (χ2n) is 8.52. The average molecular weight is 358 g/mol. The van der Waals surface area contributed by atoms with E-state index in [0.29, 0.717) is 19.5 Å². The highest BCUT2D eigenvalue weighted by atomic mass is 16.4. The Labute approximate surface area is 153 Å². The van der Waals surface area contributed by atoms with E-state index in [1.54, 1.807) is 4.90 Å². The Kier molecular flexibility index (Phi) is 10.9. The molecule has 0 aromatic heterocycles. The monoisotopic (exact) mass is 357 g/mol. The molecule has 25 heavy (non-hydrogen) atoms. The van der Waals surface area contributed by atoms with Crippen LogP contribution in [0.4, 0.5) is 0 Å². The van der Waals surface area contributed by atoms with Gasteiger partial charge in [-0.1, -0.05) is 25.7 Å². The molecule has 148 valence electrons. The number of hydrogen-bond donors (Lipinski definition) is 3. The predicted molar refractivity (Wildman–Crippen MR) is 102 cm³/mol. The summed E-state index contributed by atoms with van der Waals surface area (Å²) in [4.78, 5) is 24.7. The molecule has 0 aliphatic rings. The number of carboxylic acids is 1. The van der Waals surface area contributed by atoms with E-state index < -0.39 is 5.97 Å². The highest BCUT2D eigenvalue weighted by Gasteiger charge is 2.18. The highest BCUT2D eigenvalue weighted by Crippen LogP contribution is 2.13. The standard InChI is InChI=1S/C19H39N3O3/c1-18(2,20)12-8-6-5-7-9-14-22(15-13-19(3,4)21)16(23)10-11-17(24)25/h5-15,20-21H2,1-4H3,(H,24,25). The quantitative estimate of drug-likeness (QED) is 0.414. The minimum absolute atomic E-state index is 0.0614. The van der Waals surface area contributed by atoms with E-state index in [1.165, 1.54) is 0 Å². The Morgan fingerprint density at radius 1 is 0.800 bits per heavy atom. The van der Waals surface area contributed by atoms with Gasteiger partial charge < -0.3 is 21.5 Å². The molecule has 0 heterocycles. The van der Waals surface area contributed by atoms with Crippen molar-refractivity contribution >= 4 is 11.9 Å². The normalized spacial score (nSPS) is 12.2. The first-order valence-corrected chi connectivity index (χ1v) is 9.48. The van der Waals surface area contributed by atoms with Crippen LogP contribution in [0.5, 0.6) is 0 Å². The fourth-order valence-electron chi connectivity index (χ4n) is 2.57. The summed E-state index contributed by atoms with van der Waals surface area (Å²) in [6, 6.07) is 0. The molecule has 1 amide bonds. The van der Waals surface area contributed by atoms with Crippen LogP contribution in [0.2, 0.25) is 0 Å². The third-order valence-electron chi connectivity index (χ3n) is 4.18. The van der Waals surface area contributed by atoms with E-state index in [9.17, 15) is 9.59 Å². The molecular weight excluding hydrogens is 318 g/mol. The van der Waals surface area contributed by atoms with E-state index >= 15 is 0 Å². The van der Waals surface area contributed by atoms with E-state index in [-0.39, 0.29) is 29.8 Å². The molecule has 6 heteroatoms. The molecule has 0 atom stereocenters. The van der Waals surface area contributed by atoms with E-state index in [0.717, 1.165) is 38.5 Å². The zero-order valence-electron chi connectivity index (χ0n) is 16.6. The van der Waals surface area contributed by atoms with Gasteiger partial charge in [0.25, 0.3) is 0 Å². The van der Waals surface area contributed by atoms with Crippen molar-refractivity contribution in [3.63, 3.8) is 0 Å². The van der Waals surface area contributed by atoms with Crippen LogP contribution >= 0.6 is 0 Å². The van der Waals surface area contributed by atoms with E-state index in [1.807, 2.05) is 27.7 Å². The van der Waals surface area contributed by atoms with E-state index in [4.69, 9.17) is 16.6 Å². The van der Waals surface area contributed by atoms with Gasteiger partial charge in [-0.05, 0) is 47.0 Å². The lowest BCUT2D eigenvalue weighted by molar-refractivity contribution is -0.141. The summed E-state index contributed by atoms with van der Waals surface area (Å²) >= 11 is 0. The lowest BCUT2D eigenvalue weighted by atomic mass is 9.97. The molecule has 0 aromatic carbocycles. The van der Waals surface area contributed by atoms with Gasteiger partial charge in [0.1, 0.15) is 0 Å². The van der Waals surface area contributed by atoms with Crippen LogP contribution in [0.15, 0.2) is 0 Å². The number of carbonyl (C=O) groups is 2. The van der Waals surface area contributed by atoms with Crippen LogP contribution in [0, 0.1) is 0 Å². The predicted octanol–water partition coefficient (Wildman–Crippen LogP) is 2.89. The largest absolute Gasteiger partial charge is 0.481 e. The van der Waals surface area contributed by atoms with Gasteiger partial charge in [-0.2, -0.15) is 0 Å². The minimum Gasteiger partial charge on any atom is -0.481 e. The molecule has 0 unspecified atom stereocenters. The lowest BCUT2D eigenvalue weighted by Gasteiger charge is -2.27.